The fraction of sp³-hybridized carbons (Fsp3) is 0.350. The molecule has 0 N–H and O–H groups in total. The third-order valence-corrected chi connectivity index (χ3v) is 6.58. The highest BCUT2D eigenvalue weighted by molar-refractivity contribution is 7.90. The first-order valence-electron chi connectivity index (χ1n) is 8.64. The lowest BCUT2D eigenvalue weighted by atomic mass is 9.99. The van der Waals surface area contributed by atoms with Crippen LogP contribution in [0.25, 0.3) is 11.1 Å². The first-order chi connectivity index (χ1) is 12.6. The molecule has 2 aliphatic carbocycles. The van der Waals surface area contributed by atoms with Gasteiger partial charge in [0.15, 0.2) is 9.84 Å². The number of benzene rings is 1. The molecule has 0 unspecified atom stereocenters. The third kappa shape index (κ3) is 3.52. The number of allylic oxidation sites excluding steroid dienone is 2. The lowest BCUT2D eigenvalue weighted by molar-refractivity contribution is -0.137. The van der Waals surface area contributed by atoms with Crippen molar-refractivity contribution in [1.29, 1.82) is 0 Å². The van der Waals surface area contributed by atoms with Crippen molar-refractivity contribution in [2.75, 3.05) is 6.26 Å². The minimum absolute atomic E-state index is 0.199. The third-order valence-electron chi connectivity index (χ3n) is 5.46. The number of sulfone groups is 1. The molecule has 0 amide bonds. The average Bonchev–Trinajstić information content (AvgIpc) is 3.24. The van der Waals surface area contributed by atoms with Gasteiger partial charge in [0.1, 0.15) is 0 Å². The lowest BCUT2D eigenvalue weighted by Gasteiger charge is -2.10. The largest absolute Gasteiger partial charge is 0.417 e. The minimum Gasteiger partial charge on any atom is -0.256 e. The van der Waals surface area contributed by atoms with Gasteiger partial charge in [-0.05, 0) is 72.1 Å². The standard InChI is InChI=1S/C20H18F3NO2S/c1-27(25,26)15-5-2-13(3-6-15)16-10-19(8-9-19)11-17(16)18-7-4-14(12-24-18)20(21,22)23/h2-7,12H,8-11H2,1H3. The molecular weight excluding hydrogens is 375 g/mol. The molecule has 2 aromatic rings. The van der Waals surface area contributed by atoms with Gasteiger partial charge in [0, 0.05) is 12.5 Å². The summed E-state index contributed by atoms with van der Waals surface area (Å²) in [6.45, 7) is 0. The van der Waals surface area contributed by atoms with Gasteiger partial charge in [-0.2, -0.15) is 13.2 Å². The molecule has 1 aromatic carbocycles. The number of rotatable bonds is 3. The second-order valence-electron chi connectivity index (χ2n) is 7.54. The predicted molar refractivity (Wildman–Crippen MR) is 96.5 cm³/mol. The van der Waals surface area contributed by atoms with Crippen LogP contribution in [-0.2, 0) is 16.0 Å². The Morgan fingerprint density at radius 3 is 2.07 bits per heavy atom. The van der Waals surface area contributed by atoms with Crippen LogP contribution in [-0.4, -0.2) is 19.7 Å². The fourth-order valence-corrected chi connectivity index (χ4v) is 4.35. The van der Waals surface area contributed by atoms with Gasteiger partial charge in [0.25, 0.3) is 0 Å². The molecule has 0 saturated heterocycles. The molecule has 1 spiro atoms. The molecule has 142 valence electrons. The quantitative estimate of drug-likeness (QED) is 0.738. The number of alkyl halides is 3. The summed E-state index contributed by atoms with van der Waals surface area (Å²) in [5.41, 5.74) is 2.93. The second-order valence-corrected chi connectivity index (χ2v) is 9.55. The Hall–Kier alpha value is -2.15. The Bertz CT molecular complexity index is 1020. The van der Waals surface area contributed by atoms with Gasteiger partial charge < -0.3 is 0 Å². The van der Waals surface area contributed by atoms with Crippen molar-refractivity contribution in [1.82, 2.24) is 4.98 Å². The summed E-state index contributed by atoms with van der Waals surface area (Å²) >= 11 is 0. The summed E-state index contributed by atoms with van der Waals surface area (Å²) in [5, 5.41) is 0. The van der Waals surface area contributed by atoms with Crippen molar-refractivity contribution in [2.45, 2.75) is 36.8 Å². The Morgan fingerprint density at radius 2 is 1.59 bits per heavy atom. The Balaban J connectivity index is 1.74. The highest BCUT2D eigenvalue weighted by atomic mass is 32.2. The van der Waals surface area contributed by atoms with E-state index >= 15 is 0 Å². The van der Waals surface area contributed by atoms with Crippen molar-refractivity contribution < 1.29 is 21.6 Å². The van der Waals surface area contributed by atoms with Gasteiger partial charge in [-0.15, -0.1) is 0 Å². The van der Waals surface area contributed by atoms with Gasteiger partial charge in [-0.25, -0.2) is 8.42 Å². The summed E-state index contributed by atoms with van der Waals surface area (Å²) in [7, 11) is -3.27. The van der Waals surface area contributed by atoms with Crippen LogP contribution >= 0.6 is 0 Å². The van der Waals surface area contributed by atoms with E-state index in [1.807, 2.05) is 0 Å². The van der Waals surface area contributed by atoms with Gasteiger partial charge in [-0.3, -0.25) is 4.98 Å². The van der Waals surface area contributed by atoms with Crippen LogP contribution < -0.4 is 0 Å². The van der Waals surface area contributed by atoms with E-state index in [-0.39, 0.29) is 10.3 Å². The van der Waals surface area contributed by atoms with Gasteiger partial charge >= 0.3 is 6.18 Å². The van der Waals surface area contributed by atoms with Crippen LogP contribution in [0.5, 0.6) is 0 Å². The highest BCUT2D eigenvalue weighted by Crippen LogP contribution is 2.63. The summed E-state index contributed by atoms with van der Waals surface area (Å²) < 4.78 is 61.7. The van der Waals surface area contributed by atoms with Gasteiger partial charge in [0.2, 0.25) is 0 Å². The molecule has 4 rings (SSSR count). The van der Waals surface area contributed by atoms with E-state index in [2.05, 4.69) is 4.98 Å². The van der Waals surface area contributed by atoms with Crippen LogP contribution in [0.15, 0.2) is 47.5 Å². The Kier molecular flexibility index (Phi) is 4.00. The molecule has 27 heavy (non-hydrogen) atoms. The van der Waals surface area contributed by atoms with Crippen molar-refractivity contribution in [3.8, 4) is 0 Å². The molecule has 1 fully saturated rings. The van der Waals surface area contributed by atoms with E-state index in [0.717, 1.165) is 60.9 Å². The van der Waals surface area contributed by atoms with E-state index in [1.54, 1.807) is 24.3 Å². The van der Waals surface area contributed by atoms with Gasteiger partial charge in [-0.1, -0.05) is 12.1 Å². The summed E-state index contributed by atoms with van der Waals surface area (Å²) in [4.78, 5) is 4.33. The predicted octanol–water partition coefficient (Wildman–Crippen LogP) is 4.99. The van der Waals surface area contributed by atoms with Crippen molar-refractivity contribution in [3.63, 3.8) is 0 Å². The van der Waals surface area contributed by atoms with Crippen LogP contribution in [0.4, 0.5) is 13.2 Å². The highest BCUT2D eigenvalue weighted by Gasteiger charge is 2.48. The molecule has 3 nitrogen and oxygen atoms in total. The van der Waals surface area contributed by atoms with Crippen molar-refractivity contribution >= 4 is 21.0 Å². The Morgan fingerprint density at radius 1 is 0.963 bits per heavy atom. The first kappa shape index (κ1) is 18.2. The van der Waals surface area contributed by atoms with E-state index in [0.29, 0.717) is 5.69 Å². The number of aromatic nitrogens is 1. The molecule has 7 heteroatoms. The maximum atomic E-state index is 12.8. The van der Waals surface area contributed by atoms with Crippen molar-refractivity contribution in [3.05, 3.63) is 59.4 Å². The van der Waals surface area contributed by atoms with Crippen LogP contribution in [0, 0.1) is 5.41 Å². The zero-order valence-electron chi connectivity index (χ0n) is 14.7. The Labute approximate surface area is 155 Å². The summed E-state index contributed by atoms with van der Waals surface area (Å²) in [6.07, 6.45) is 1.48. The average molecular weight is 393 g/mol. The van der Waals surface area contributed by atoms with E-state index < -0.39 is 21.6 Å². The first-order valence-corrected chi connectivity index (χ1v) is 10.5. The molecule has 0 atom stereocenters. The van der Waals surface area contributed by atoms with Crippen LogP contribution in [0.1, 0.15) is 42.5 Å². The minimum atomic E-state index is -4.41. The molecule has 1 aromatic heterocycles. The summed E-state index contributed by atoms with van der Waals surface area (Å²) in [6, 6.07) is 9.21. The van der Waals surface area contributed by atoms with Gasteiger partial charge in [0.05, 0.1) is 16.2 Å². The van der Waals surface area contributed by atoms with E-state index in [1.165, 1.54) is 6.07 Å². The molecule has 0 aliphatic heterocycles. The summed E-state index contributed by atoms with van der Waals surface area (Å²) in [5.74, 6) is 0. The molecular formula is C20H18F3NO2S. The number of hydrogen-bond acceptors (Lipinski definition) is 3. The SMILES string of the molecule is CS(=O)(=O)c1ccc(C2=C(c3ccc(C(F)(F)F)cn3)CC3(CC3)C2)cc1. The second kappa shape index (κ2) is 5.92. The smallest absolute Gasteiger partial charge is 0.256 e. The normalized spacial score (nSPS) is 19.0. The van der Waals surface area contributed by atoms with Crippen LogP contribution in [0.3, 0.4) is 0 Å². The van der Waals surface area contributed by atoms with E-state index in [4.69, 9.17) is 0 Å². The maximum absolute atomic E-state index is 12.8. The fourth-order valence-electron chi connectivity index (χ4n) is 3.72. The zero-order chi connectivity index (χ0) is 19.4. The molecule has 1 heterocycles. The monoisotopic (exact) mass is 393 g/mol. The number of pyridine rings is 1. The van der Waals surface area contributed by atoms with E-state index in [9.17, 15) is 21.6 Å². The number of nitrogens with zero attached hydrogens (tertiary/aromatic N) is 1. The molecule has 1 saturated carbocycles. The number of halogens is 3. The topological polar surface area (TPSA) is 47.0 Å². The molecule has 0 bridgehead atoms. The molecule has 0 radical (unpaired) electrons. The lowest BCUT2D eigenvalue weighted by Crippen LogP contribution is -2.05. The molecule has 2 aliphatic rings. The number of hydrogen-bond donors (Lipinski definition) is 0. The maximum Gasteiger partial charge on any atom is 0.417 e. The van der Waals surface area contributed by atoms with Crippen molar-refractivity contribution in [2.24, 2.45) is 5.41 Å². The van der Waals surface area contributed by atoms with Crippen LogP contribution in [0.2, 0.25) is 0 Å². The zero-order valence-corrected chi connectivity index (χ0v) is 15.5.